The standard InChI is InChI=1S/C15H24N2O/c1-3-12-11-18-10-9-17(12)15-8-6-5-7-13(15)14(16)4-2/h5-8,12,14H,3-4,9-11,16H2,1-2H3. The molecule has 3 nitrogen and oxygen atoms in total. The molecule has 1 aromatic carbocycles. The van der Waals surface area contributed by atoms with Crippen molar-refractivity contribution in [2.24, 2.45) is 5.73 Å². The van der Waals surface area contributed by atoms with Gasteiger partial charge in [0.15, 0.2) is 0 Å². The first-order chi connectivity index (χ1) is 8.77. The molecule has 3 heteroatoms. The average Bonchev–Trinajstić information content (AvgIpc) is 2.46. The first-order valence-corrected chi connectivity index (χ1v) is 6.96. The lowest BCUT2D eigenvalue weighted by Gasteiger charge is -2.38. The van der Waals surface area contributed by atoms with E-state index in [0.717, 1.165) is 32.6 Å². The Labute approximate surface area is 110 Å². The number of nitrogens with two attached hydrogens (primary N) is 1. The normalized spacial score (nSPS) is 21.9. The predicted molar refractivity (Wildman–Crippen MR) is 75.9 cm³/mol. The quantitative estimate of drug-likeness (QED) is 0.890. The molecular weight excluding hydrogens is 224 g/mol. The van der Waals surface area contributed by atoms with Gasteiger partial charge < -0.3 is 15.4 Å². The van der Waals surface area contributed by atoms with Crippen molar-refractivity contribution in [3.05, 3.63) is 29.8 Å². The molecule has 1 fully saturated rings. The van der Waals surface area contributed by atoms with Crippen LogP contribution in [0, 0.1) is 0 Å². The zero-order valence-electron chi connectivity index (χ0n) is 11.4. The van der Waals surface area contributed by atoms with Gasteiger partial charge >= 0.3 is 0 Å². The number of benzene rings is 1. The lowest BCUT2D eigenvalue weighted by molar-refractivity contribution is 0.0928. The summed E-state index contributed by atoms with van der Waals surface area (Å²) in [6, 6.07) is 9.13. The summed E-state index contributed by atoms with van der Waals surface area (Å²) in [5.74, 6) is 0. The van der Waals surface area contributed by atoms with E-state index in [1.54, 1.807) is 0 Å². The third kappa shape index (κ3) is 2.68. The molecule has 2 unspecified atom stereocenters. The van der Waals surface area contributed by atoms with Crippen LogP contribution in [0.15, 0.2) is 24.3 Å². The third-order valence-electron chi connectivity index (χ3n) is 3.78. The van der Waals surface area contributed by atoms with E-state index in [2.05, 4.69) is 43.0 Å². The highest BCUT2D eigenvalue weighted by molar-refractivity contribution is 5.56. The van der Waals surface area contributed by atoms with Gasteiger partial charge in [-0.3, -0.25) is 0 Å². The van der Waals surface area contributed by atoms with Gasteiger partial charge in [-0.2, -0.15) is 0 Å². The van der Waals surface area contributed by atoms with Crippen LogP contribution in [0.1, 0.15) is 38.3 Å². The Morgan fingerprint density at radius 3 is 2.89 bits per heavy atom. The molecule has 1 aromatic rings. The summed E-state index contributed by atoms with van der Waals surface area (Å²) >= 11 is 0. The van der Waals surface area contributed by atoms with Crippen molar-refractivity contribution in [3.63, 3.8) is 0 Å². The molecule has 0 radical (unpaired) electrons. The lowest BCUT2D eigenvalue weighted by Crippen LogP contribution is -2.45. The van der Waals surface area contributed by atoms with E-state index < -0.39 is 0 Å². The number of ether oxygens (including phenoxy) is 1. The molecular formula is C15H24N2O. The fourth-order valence-electron chi connectivity index (χ4n) is 2.59. The average molecular weight is 248 g/mol. The SMILES string of the molecule is CCC(N)c1ccccc1N1CCOCC1CC. The Hall–Kier alpha value is -1.06. The van der Waals surface area contributed by atoms with Crippen LogP contribution in [0.2, 0.25) is 0 Å². The van der Waals surface area contributed by atoms with Gasteiger partial charge in [0.25, 0.3) is 0 Å². The Morgan fingerprint density at radius 1 is 1.39 bits per heavy atom. The van der Waals surface area contributed by atoms with Crippen molar-refractivity contribution in [2.45, 2.75) is 38.8 Å². The van der Waals surface area contributed by atoms with Gasteiger partial charge in [0, 0.05) is 18.3 Å². The van der Waals surface area contributed by atoms with Gasteiger partial charge in [0.2, 0.25) is 0 Å². The van der Waals surface area contributed by atoms with E-state index >= 15 is 0 Å². The van der Waals surface area contributed by atoms with Gasteiger partial charge in [-0.05, 0) is 24.5 Å². The topological polar surface area (TPSA) is 38.5 Å². The zero-order valence-corrected chi connectivity index (χ0v) is 11.4. The monoisotopic (exact) mass is 248 g/mol. The van der Waals surface area contributed by atoms with Crippen LogP contribution in [0.4, 0.5) is 5.69 Å². The molecule has 0 saturated carbocycles. The first-order valence-electron chi connectivity index (χ1n) is 6.96. The second kappa shape index (κ2) is 6.21. The van der Waals surface area contributed by atoms with Crippen LogP contribution in [-0.2, 0) is 4.74 Å². The first kappa shape index (κ1) is 13.4. The number of morpholine rings is 1. The number of anilines is 1. The summed E-state index contributed by atoms with van der Waals surface area (Å²) in [5.41, 5.74) is 8.79. The number of hydrogen-bond acceptors (Lipinski definition) is 3. The minimum Gasteiger partial charge on any atom is -0.377 e. The van der Waals surface area contributed by atoms with E-state index in [1.165, 1.54) is 11.3 Å². The van der Waals surface area contributed by atoms with Crippen LogP contribution in [-0.4, -0.2) is 25.8 Å². The largest absolute Gasteiger partial charge is 0.377 e. The van der Waals surface area contributed by atoms with Crippen molar-refractivity contribution >= 4 is 5.69 Å². The smallest absolute Gasteiger partial charge is 0.0670 e. The number of para-hydroxylation sites is 1. The molecule has 0 aliphatic carbocycles. The predicted octanol–water partition coefficient (Wildman–Crippen LogP) is 2.71. The Morgan fingerprint density at radius 2 is 2.17 bits per heavy atom. The van der Waals surface area contributed by atoms with Crippen molar-refractivity contribution in [2.75, 3.05) is 24.7 Å². The number of rotatable bonds is 4. The molecule has 2 atom stereocenters. The van der Waals surface area contributed by atoms with Gasteiger partial charge in [0.05, 0.1) is 19.3 Å². The Bertz CT molecular complexity index is 381. The van der Waals surface area contributed by atoms with E-state index in [0.29, 0.717) is 6.04 Å². The highest BCUT2D eigenvalue weighted by atomic mass is 16.5. The van der Waals surface area contributed by atoms with Crippen LogP contribution < -0.4 is 10.6 Å². The van der Waals surface area contributed by atoms with Crippen molar-refractivity contribution in [1.29, 1.82) is 0 Å². The molecule has 2 N–H and O–H groups in total. The molecule has 18 heavy (non-hydrogen) atoms. The fraction of sp³-hybridized carbons (Fsp3) is 0.600. The second-order valence-corrected chi connectivity index (χ2v) is 4.90. The summed E-state index contributed by atoms with van der Waals surface area (Å²) in [6.45, 7) is 6.96. The molecule has 0 aromatic heterocycles. The maximum atomic E-state index is 6.23. The zero-order chi connectivity index (χ0) is 13.0. The highest BCUT2D eigenvalue weighted by Gasteiger charge is 2.24. The minimum atomic E-state index is 0.126. The van der Waals surface area contributed by atoms with Gasteiger partial charge in [-0.1, -0.05) is 32.0 Å². The van der Waals surface area contributed by atoms with Gasteiger partial charge in [-0.15, -0.1) is 0 Å². The number of hydrogen-bond donors (Lipinski definition) is 1. The van der Waals surface area contributed by atoms with Crippen molar-refractivity contribution < 1.29 is 4.74 Å². The maximum absolute atomic E-state index is 6.23. The fourth-order valence-corrected chi connectivity index (χ4v) is 2.59. The molecule has 0 bridgehead atoms. The molecule has 100 valence electrons. The van der Waals surface area contributed by atoms with Crippen LogP contribution >= 0.6 is 0 Å². The summed E-state index contributed by atoms with van der Waals surface area (Å²) in [4.78, 5) is 2.47. The molecule has 0 amide bonds. The van der Waals surface area contributed by atoms with E-state index in [1.807, 2.05) is 0 Å². The summed E-state index contributed by atoms with van der Waals surface area (Å²) < 4.78 is 5.58. The molecule has 1 aliphatic heterocycles. The minimum absolute atomic E-state index is 0.126. The Balaban J connectivity index is 2.30. The van der Waals surface area contributed by atoms with E-state index in [4.69, 9.17) is 10.5 Å². The van der Waals surface area contributed by atoms with Gasteiger partial charge in [-0.25, -0.2) is 0 Å². The van der Waals surface area contributed by atoms with Crippen LogP contribution in [0.25, 0.3) is 0 Å². The van der Waals surface area contributed by atoms with Gasteiger partial charge in [0.1, 0.15) is 0 Å². The Kier molecular flexibility index (Phi) is 4.61. The van der Waals surface area contributed by atoms with E-state index in [-0.39, 0.29) is 6.04 Å². The molecule has 1 saturated heterocycles. The molecule has 1 aliphatic rings. The summed E-state index contributed by atoms with van der Waals surface area (Å²) in [5, 5.41) is 0. The lowest BCUT2D eigenvalue weighted by atomic mass is 10.0. The van der Waals surface area contributed by atoms with Crippen LogP contribution in [0.3, 0.4) is 0 Å². The molecule has 2 rings (SSSR count). The summed E-state index contributed by atoms with van der Waals surface area (Å²) in [6.07, 6.45) is 2.08. The molecule has 1 heterocycles. The molecule has 0 spiro atoms. The van der Waals surface area contributed by atoms with Crippen LogP contribution in [0.5, 0.6) is 0 Å². The second-order valence-electron chi connectivity index (χ2n) is 4.90. The van der Waals surface area contributed by atoms with E-state index in [9.17, 15) is 0 Å². The third-order valence-corrected chi connectivity index (χ3v) is 3.78. The van der Waals surface area contributed by atoms with Crippen molar-refractivity contribution in [3.8, 4) is 0 Å². The maximum Gasteiger partial charge on any atom is 0.0670 e. The summed E-state index contributed by atoms with van der Waals surface area (Å²) in [7, 11) is 0. The number of nitrogens with zero attached hydrogens (tertiary/aromatic N) is 1. The van der Waals surface area contributed by atoms with Crippen molar-refractivity contribution in [1.82, 2.24) is 0 Å². The highest BCUT2D eigenvalue weighted by Crippen LogP contribution is 2.29.